The fraction of sp³-hybridized carbons (Fsp3) is 0.320. The number of fused-ring (bicyclic) bond motifs is 1. The standard InChI is InChI=1S/C25H24N4O/c1-17-23(15-26)19(13-18-7-9-21(10-8-18)29-12-4-11-27-29)14-22-24(17)16-28(25(22)30)20-5-2-3-6-20/h4,7-12,14,20H,2-3,5-6,13,16H2,1H3. The second kappa shape index (κ2) is 7.46. The van der Waals surface area contributed by atoms with Gasteiger partial charge in [0, 0.05) is 30.5 Å². The fourth-order valence-corrected chi connectivity index (χ4v) is 4.93. The molecule has 30 heavy (non-hydrogen) atoms. The van der Waals surface area contributed by atoms with Crippen molar-refractivity contribution in [2.45, 2.75) is 51.6 Å². The molecule has 1 saturated carbocycles. The van der Waals surface area contributed by atoms with Gasteiger partial charge in [0.25, 0.3) is 5.91 Å². The summed E-state index contributed by atoms with van der Waals surface area (Å²) in [5.41, 5.74) is 6.56. The third-order valence-electron chi connectivity index (χ3n) is 6.59. The summed E-state index contributed by atoms with van der Waals surface area (Å²) in [4.78, 5) is 15.2. The summed E-state index contributed by atoms with van der Waals surface area (Å²) in [5.74, 6) is 0.139. The molecule has 1 aromatic heterocycles. The summed E-state index contributed by atoms with van der Waals surface area (Å²) in [6, 6.07) is 14.8. The minimum atomic E-state index is 0.139. The largest absolute Gasteiger partial charge is 0.331 e. The van der Waals surface area contributed by atoms with Crippen molar-refractivity contribution in [3.63, 3.8) is 0 Å². The molecule has 0 spiro atoms. The number of nitrogens with zero attached hydrogens (tertiary/aromatic N) is 4. The molecule has 2 aliphatic rings. The van der Waals surface area contributed by atoms with E-state index in [-0.39, 0.29) is 5.91 Å². The molecule has 0 unspecified atom stereocenters. The van der Waals surface area contributed by atoms with Crippen LogP contribution in [0.15, 0.2) is 48.8 Å². The summed E-state index contributed by atoms with van der Waals surface area (Å²) < 4.78 is 1.82. The average Bonchev–Trinajstić information content (AvgIpc) is 3.51. The van der Waals surface area contributed by atoms with E-state index in [1.54, 1.807) is 6.20 Å². The van der Waals surface area contributed by atoms with E-state index in [0.717, 1.165) is 46.3 Å². The predicted octanol–water partition coefficient (Wildman–Crippen LogP) is 4.54. The smallest absolute Gasteiger partial charge is 0.254 e. The molecule has 0 radical (unpaired) electrons. The van der Waals surface area contributed by atoms with Crippen LogP contribution in [0.5, 0.6) is 0 Å². The van der Waals surface area contributed by atoms with Crippen LogP contribution in [-0.4, -0.2) is 26.6 Å². The lowest BCUT2D eigenvalue weighted by atomic mass is 9.91. The van der Waals surface area contributed by atoms with Crippen LogP contribution in [-0.2, 0) is 13.0 Å². The van der Waals surface area contributed by atoms with E-state index < -0.39 is 0 Å². The van der Waals surface area contributed by atoms with Crippen molar-refractivity contribution in [2.75, 3.05) is 0 Å². The van der Waals surface area contributed by atoms with Gasteiger partial charge in [-0.1, -0.05) is 25.0 Å². The van der Waals surface area contributed by atoms with E-state index in [9.17, 15) is 10.1 Å². The summed E-state index contributed by atoms with van der Waals surface area (Å²) in [6.45, 7) is 2.64. The summed E-state index contributed by atoms with van der Waals surface area (Å²) in [6.07, 6.45) is 8.90. The molecule has 2 aromatic carbocycles. The first-order valence-electron chi connectivity index (χ1n) is 10.6. The van der Waals surface area contributed by atoms with Crippen LogP contribution in [0.2, 0.25) is 0 Å². The van der Waals surface area contributed by atoms with Gasteiger partial charge in [0.2, 0.25) is 0 Å². The molecule has 1 aliphatic carbocycles. The van der Waals surface area contributed by atoms with Gasteiger partial charge in [0.15, 0.2) is 0 Å². The molecule has 0 atom stereocenters. The second-order valence-corrected chi connectivity index (χ2v) is 8.34. The Bertz CT molecular complexity index is 1130. The maximum Gasteiger partial charge on any atom is 0.254 e. The molecule has 0 bridgehead atoms. The van der Waals surface area contributed by atoms with E-state index in [1.165, 1.54) is 12.8 Å². The molecule has 1 aliphatic heterocycles. The van der Waals surface area contributed by atoms with Gasteiger partial charge in [0.05, 0.1) is 17.3 Å². The molecule has 0 saturated heterocycles. The van der Waals surface area contributed by atoms with E-state index in [0.29, 0.717) is 24.6 Å². The number of hydrogen-bond acceptors (Lipinski definition) is 3. The van der Waals surface area contributed by atoms with Crippen molar-refractivity contribution >= 4 is 5.91 Å². The van der Waals surface area contributed by atoms with Crippen molar-refractivity contribution < 1.29 is 4.79 Å². The Hall–Kier alpha value is -3.39. The molecule has 5 heteroatoms. The van der Waals surface area contributed by atoms with E-state index in [1.807, 2.05) is 47.0 Å². The Kier molecular flexibility index (Phi) is 4.63. The molecule has 1 amide bonds. The van der Waals surface area contributed by atoms with Crippen LogP contribution >= 0.6 is 0 Å². The number of rotatable bonds is 4. The minimum Gasteiger partial charge on any atom is -0.331 e. The van der Waals surface area contributed by atoms with E-state index in [2.05, 4.69) is 23.3 Å². The molecule has 5 rings (SSSR count). The van der Waals surface area contributed by atoms with Crippen molar-refractivity contribution in [1.82, 2.24) is 14.7 Å². The van der Waals surface area contributed by atoms with Crippen molar-refractivity contribution in [3.8, 4) is 11.8 Å². The topological polar surface area (TPSA) is 61.9 Å². The molecular formula is C25H24N4O. The van der Waals surface area contributed by atoms with Gasteiger partial charge in [-0.3, -0.25) is 4.79 Å². The first kappa shape index (κ1) is 18.6. The van der Waals surface area contributed by atoms with Crippen LogP contribution in [0.3, 0.4) is 0 Å². The van der Waals surface area contributed by atoms with Gasteiger partial charge in [0.1, 0.15) is 0 Å². The molecule has 5 nitrogen and oxygen atoms in total. The highest BCUT2D eigenvalue weighted by atomic mass is 16.2. The van der Waals surface area contributed by atoms with Crippen LogP contribution in [0.1, 0.15) is 63.9 Å². The first-order chi connectivity index (χ1) is 14.7. The highest BCUT2D eigenvalue weighted by Gasteiger charge is 2.36. The van der Waals surface area contributed by atoms with Gasteiger partial charge < -0.3 is 4.90 Å². The van der Waals surface area contributed by atoms with E-state index >= 15 is 0 Å². The number of carbonyl (C=O) groups is 1. The van der Waals surface area contributed by atoms with Crippen LogP contribution in [0, 0.1) is 18.3 Å². The third kappa shape index (κ3) is 3.09. The lowest BCUT2D eigenvalue weighted by molar-refractivity contribution is 0.0707. The quantitative estimate of drug-likeness (QED) is 0.650. The van der Waals surface area contributed by atoms with E-state index in [4.69, 9.17) is 0 Å². The third-order valence-corrected chi connectivity index (χ3v) is 6.59. The van der Waals surface area contributed by atoms with Gasteiger partial charge in [-0.15, -0.1) is 0 Å². The molecule has 0 N–H and O–H groups in total. The minimum absolute atomic E-state index is 0.139. The number of amides is 1. The summed E-state index contributed by atoms with van der Waals surface area (Å²) in [7, 11) is 0. The Labute approximate surface area is 176 Å². The van der Waals surface area contributed by atoms with Gasteiger partial charge in [-0.05, 0) is 72.7 Å². The maximum absolute atomic E-state index is 13.1. The predicted molar refractivity (Wildman–Crippen MR) is 114 cm³/mol. The Morgan fingerprint density at radius 3 is 2.63 bits per heavy atom. The number of nitriles is 1. The highest BCUT2D eigenvalue weighted by Crippen LogP contribution is 2.35. The molecular weight excluding hydrogens is 372 g/mol. The second-order valence-electron chi connectivity index (χ2n) is 8.34. The van der Waals surface area contributed by atoms with Gasteiger partial charge in [-0.25, -0.2) is 4.68 Å². The lowest BCUT2D eigenvalue weighted by Crippen LogP contribution is -2.33. The zero-order chi connectivity index (χ0) is 20.7. The van der Waals surface area contributed by atoms with Crippen molar-refractivity contribution in [1.29, 1.82) is 5.26 Å². The zero-order valence-corrected chi connectivity index (χ0v) is 17.1. The summed E-state index contributed by atoms with van der Waals surface area (Å²) in [5, 5.41) is 14.1. The number of carbonyl (C=O) groups excluding carboxylic acids is 1. The van der Waals surface area contributed by atoms with Crippen LogP contribution in [0.4, 0.5) is 0 Å². The SMILES string of the molecule is Cc1c(C#N)c(Cc2ccc(-n3cccn3)cc2)cc2c1CN(C1CCCC1)C2=O. The molecule has 2 heterocycles. The number of hydrogen-bond donors (Lipinski definition) is 0. The number of aromatic nitrogens is 2. The number of benzene rings is 2. The van der Waals surface area contributed by atoms with Gasteiger partial charge in [-0.2, -0.15) is 10.4 Å². The fourth-order valence-electron chi connectivity index (χ4n) is 4.93. The zero-order valence-electron chi connectivity index (χ0n) is 17.1. The van der Waals surface area contributed by atoms with Crippen molar-refractivity contribution in [3.05, 3.63) is 82.2 Å². The molecule has 3 aromatic rings. The Morgan fingerprint density at radius 1 is 1.20 bits per heavy atom. The van der Waals surface area contributed by atoms with Crippen LogP contribution in [0.25, 0.3) is 5.69 Å². The monoisotopic (exact) mass is 396 g/mol. The lowest BCUT2D eigenvalue weighted by Gasteiger charge is -2.23. The summed E-state index contributed by atoms with van der Waals surface area (Å²) >= 11 is 0. The Morgan fingerprint density at radius 2 is 1.97 bits per heavy atom. The average molecular weight is 396 g/mol. The Balaban J connectivity index is 1.46. The highest BCUT2D eigenvalue weighted by molar-refractivity contribution is 5.99. The maximum atomic E-state index is 13.1. The molecule has 1 fully saturated rings. The first-order valence-corrected chi connectivity index (χ1v) is 10.6. The van der Waals surface area contributed by atoms with Gasteiger partial charge >= 0.3 is 0 Å². The molecule has 150 valence electrons. The van der Waals surface area contributed by atoms with Crippen LogP contribution < -0.4 is 0 Å². The van der Waals surface area contributed by atoms with Crippen molar-refractivity contribution in [2.24, 2.45) is 0 Å². The normalized spacial score (nSPS) is 16.1.